The van der Waals surface area contributed by atoms with E-state index in [-0.39, 0.29) is 11.3 Å². The summed E-state index contributed by atoms with van der Waals surface area (Å²) in [6, 6.07) is 7.53. The number of amides is 1. The summed E-state index contributed by atoms with van der Waals surface area (Å²) in [6.45, 7) is 8.90. The normalized spacial score (nSPS) is 10.9. The van der Waals surface area contributed by atoms with Gasteiger partial charge in [0.25, 0.3) is 0 Å². The van der Waals surface area contributed by atoms with Crippen LogP contribution in [0.4, 0.5) is 5.69 Å². The van der Waals surface area contributed by atoms with Crippen molar-refractivity contribution in [3.8, 4) is 5.75 Å². The zero-order valence-electron chi connectivity index (χ0n) is 13.9. The van der Waals surface area contributed by atoms with Crippen LogP contribution >= 0.6 is 12.2 Å². The lowest BCUT2D eigenvalue weighted by atomic mass is 9.92. The molecule has 0 aromatic heterocycles. The second kappa shape index (κ2) is 8.73. The lowest BCUT2D eigenvalue weighted by Gasteiger charge is -2.17. The summed E-state index contributed by atoms with van der Waals surface area (Å²) >= 11 is 5.15. The number of hydrogen-bond donors (Lipinski definition) is 2. The quantitative estimate of drug-likeness (QED) is 0.611. The third kappa shape index (κ3) is 7.98. The molecule has 0 fully saturated rings. The highest BCUT2D eigenvalue weighted by Crippen LogP contribution is 2.18. The molecule has 1 aromatic carbocycles. The molecule has 0 aliphatic rings. The van der Waals surface area contributed by atoms with Gasteiger partial charge in [-0.2, -0.15) is 0 Å². The third-order valence-electron chi connectivity index (χ3n) is 2.82. The number of rotatable bonds is 6. The molecule has 0 atom stereocenters. The minimum atomic E-state index is -0.0791. The van der Waals surface area contributed by atoms with Crippen molar-refractivity contribution in [2.24, 2.45) is 5.41 Å². The highest BCUT2D eigenvalue weighted by molar-refractivity contribution is 7.80. The van der Waals surface area contributed by atoms with E-state index in [2.05, 4.69) is 17.6 Å². The first-order chi connectivity index (χ1) is 10.3. The number of benzene rings is 1. The number of carbonyl (C=O) groups is 1. The smallest absolute Gasteiger partial charge is 0.226 e. The first-order valence-electron chi connectivity index (χ1n) is 7.64. The molecule has 0 saturated heterocycles. The average Bonchev–Trinajstić information content (AvgIpc) is 2.38. The summed E-state index contributed by atoms with van der Waals surface area (Å²) in [4.78, 5) is 11.8. The van der Waals surface area contributed by atoms with Crippen molar-refractivity contribution in [1.29, 1.82) is 0 Å². The molecular formula is C17H26N2O2S. The highest BCUT2D eigenvalue weighted by atomic mass is 32.1. The molecule has 0 spiro atoms. The average molecular weight is 322 g/mol. The Kier molecular flexibility index (Phi) is 7.32. The number of anilines is 1. The van der Waals surface area contributed by atoms with Crippen molar-refractivity contribution in [3.63, 3.8) is 0 Å². The Morgan fingerprint density at radius 2 is 1.86 bits per heavy atom. The van der Waals surface area contributed by atoms with Crippen LogP contribution in [0.1, 0.15) is 47.0 Å². The number of nitrogens with one attached hydrogen (secondary N) is 2. The van der Waals surface area contributed by atoms with Crippen LogP contribution in [0.25, 0.3) is 0 Å². The number of hydrogen-bond acceptors (Lipinski definition) is 3. The third-order valence-corrected chi connectivity index (χ3v) is 3.03. The van der Waals surface area contributed by atoms with Crippen LogP contribution in [0.15, 0.2) is 24.3 Å². The van der Waals surface area contributed by atoms with Crippen LogP contribution in [0.5, 0.6) is 5.75 Å². The van der Waals surface area contributed by atoms with Crippen molar-refractivity contribution in [1.82, 2.24) is 5.32 Å². The Morgan fingerprint density at radius 3 is 2.41 bits per heavy atom. The van der Waals surface area contributed by atoms with E-state index in [0.717, 1.165) is 30.9 Å². The topological polar surface area (TPSA) is 50.4 Å². The summed E-state index contributed by atoms with van der Waals surface area (Å²) in [5, 5.41) is 6.00. The van der Waals surface area contributed by atoms with E-state index in [0.29, 0.717) is 11.5 Å². The molecule has 0 aliphatic carbocycles. The summed E-state index contributed by atoms with van der Waals surface area (Å²) < 4.78 is 5.60. The molecule has 1 amide bonds. The minimum absolute atomic E-state index is 0.0584. The molecule has 2 N–H and O–H groups in total. The van der Waals surface area contributed by atoms with Crippen molar-refractivity contribution in [2.75, 3.05) is 11.9 Å². The predicted molar refractivity (Wildman–Crippen MR) is 95.3 cm³/mol. The van der Waals surface area contributed by atoms with Crippen LogP contribution in [-0.4, -0.2) is 17.6 Å². The van der Waals surface area contributed by atoms with Gasteiger partial charge in [-0.3, -0.25) is 4.79 Å². The SMILES string of the molecule is CCCCOc1ccc(NC(=S)NC(=O)CC(C)(C)C)cc1. The zero-order chi connectivity index (χ0) is 16.6. The van der Waals surface area contributed by atoms with E-state index in [1.165, 1.54) is 0 Å². The summed E-state index contributed by atoms with van der Waals surface area (Å²) in [6.07, 6.45) is 2.59. The highest BCUT2D eigenvalue weighted by Gasteiger charge is 2.16. The molecule has 5 heteroatoms. The van der Waals surface area contributed by atoms with Gasteiger partial charge in [0.05, 0.1) is 6.61 Å². The van der Waals surface area contributed by atoms with E-state index < -0.39 is 0 Å². The summed E-state index contributed by atoms with van der Waals surface area (Å²) in [5.74, 6) is 0.756. The molecule has 0 saturated carbocycles. The van der Waals surface area contributed by atoms with Gasteiger partial charge in [0.2, 0.25) is 5.91 Å². The number of thiocarbonyl (C=S) groups is 1. The fourth-order valence-corrected chi connectivity index (χ4v) is 2.02. The minimum Gasteiger partial charge on any atom is -0.494 e. The van der Waals surface area contributed by atoms with Gasteiger partial charge in [-0.1, -0.05) is 34.1 Å². The molecule has 0 heterocycles. The predicted octanol–water partition coefficient (Wildman–Crippen LogP) is 4.11. The van der Waals surface area contributed by atoms with Crippen molar-refractivity contribution < 1.29 is 9.53 Å². The van der Waals surface area contributed by atoms with E-state index in [1.807, 2.05) is 45.0 Å². The lowest BCUT2D eigenvalue weighted by molar-refractivity contribution is -0.121. The molecule has 0 unspecified atom stereocenters. The van der Waals surface area contributed by atoms with Gasteiger partial charge in [0.15, 0.2) is 5.11 Å². The van der Waals surface area contributed by atoms with Gasteiger partial charge in [0.1, 0.15) is 5.75 Å². The van der Waals surface area contributed by atoms with Gasteiger partial charge < -0.3 is 15.4 Å². The molecule has 1 aromatic rings. The first-order valence-corrected chi connectivity index (χ1v) is 8.04. The molecular weight excluding hydrogens is 296 g/mol. The number of carbonyl (C=O) groups excluding carboxylic acids is 1. The van der Waals surface area contributed by atoms with Gasteiger partial charge in [-0.15, -0.1) is 0 Å². The molecule has 4 nitrogen and oxygen atoms in total. The van der Waals surface area contributed by atoms with Crippen molar-refractivity contribution in [3.05, 3.63) is 24.3 Å². The first kappa shape index (κ1) is 18.4. The monoisotopic (exact) mass is 322 g/mol. The van der Waals surface area contributed by atoms with Crippen LogP contribution < -0.4 is 15.4 Å². The van der Waals surface area contributed by atoms with Crippen molar-refractivity contribution >= 4 is 28.9 Å². The maximum absolute atomic E-state index is 11.8. The molecule has 0 bridgehead atoms. The van der Waals surface area contributed by atoms with E-state index >= 15 is 0 Å². The zero-order valence-corrected chi connectivity index (χ0v) is 14.7. The Balaban J connectivity index is 2.43. The van der Waals surface area contributed by atoms with E-state index in [4.69, 9.17) is 17.0 Å². The van der Waals surface area contributed by atoms with Crippen molar-refractivity contribution in [2.45, 2.75) is 47.0 Å². The van der Waals surface area contributed by atoms with Crippen LogP contribution in [0, 0.1) is 5.41 Å². The largest absolute Gasteiger partial charge is 0.494 e. The van der Waals surface area contributed by atoms with Crippen LogP contribution in [-0.2, 0) is 4.79 Å². The van der Waals surface area contributed by atoms with Gasteiger partial charge >= 0.3 is 0 Å². The van der Waals surface area contributed by atoms with Gasteiger partial charge in [-0.05, 0) is 48.3 Å². The Bertz CT molecular complexity index is 492. The second-order valence-corrected chi connectivity index (χ2v) is 6.87. The molecule has 0 radical (unpaired) electrons. The standard InChI is InChI=1S/C17H26N2O2S/c1-5-6-11-21-14-9-7-13(8-10-14)18-16(22)19-15(20)12-17(2,3)4/h7-10H,5-6,11-12H2,1-4H3,(H2,18,19,20,22). The number of ether oxygens (including phenoxy) is 1. The second-order valence-electron chi connectivity index (χ2n) is 6.47. The number of unbranched alkanes of at least 4 members (excludes halogenated alkanes) is 1. The summed E-state index contributed by atoms with van der Waals surface area (Å²) in [7, 11) is 0. The molecule has 122 valence electrons. The molecule has 1 rings (SSSR count). The van der Waals surface area contributed by atoms with Gasteiger partial charge in [-0.25, -0.2) is 0 Å². The fourth-order valence-electron chi connectivity index (χ4n) is 1.78. The maximum atomic E-state index is 11.8. The Labute approximate surface area is 138 Å². The Morgan fingerprint density at radius 1 is 1.23 bits per heavy atom. The van der Waals surface area contributed by atoms with Gasteiger partial charge in [0, 0.05) is 12.1 Å². The lowest BCUT2D eigenvalue weighted by Crippen LogP contribution is -2.36. The Hall–Kier alpha value is -1.62. The molecule has 0 aliphatic heterocycles. The van der Waals surface area contributed by atoms with E-state index in [1.54, 1.807) is 0 Å². The fraction of sp³-hybridized carbons (Fsp3) is 0.529. The van der Waals surface area contributed by atoms with Crippen LogP contribution in [0.3, 0.4) is 0 Å². The van der Waals surface area contributed by atoms with Crippen LogP contribution in [0.2, 0.25) is 0 Å². The summed E-state index contributed by atoms with van der Waals surface area (Å²) in [5.41, 5.74) is 0.765. The molecule has 22 heavy (non-hydrogen) atoms. The van der Waals surface area contributed by atoms with E-state index in [9.17, 15) is 4.79 Å². The maximum Gasteiger partial charge on any atom is 0.226 e.